The van der Waals surface area contributed by atoms with Crippen molar-refractivity contribution in [3.05, 3.63) is 23.8 Å². The first kappa shape index (κ1) is 12.9. The Morgan fingerprint density at radius 3 is 2.75 bits per heavy atom. The van der Waals surface area contributed by atoms with Crippen molar-refractivity contribution in [2.24, 2.45) is 0 Å². The van der Waals surface area contributed by atoms with E-state index in [9.17, 15) is 4.79 Å². The zero-order valence-corrected chi connectivity index (χ0v) is 10.8. The standard InChI is InChI=1S/C12H18N2OS/c1-9(15)11-8-10(4-5-12(11)13)14(2)6-7-16-3/h4-5,8H,6-7,13H2,1-3H3. The van der Waals surface area contributed by atoms with Crippen molar-refractivity contribution in [2.45, 2.75) is 6.92 Å². The van der Waals surface area contributed by atoms with Crippen LogP contribution in [0.5, 0.6) is 0 Å². The molecule has 3 nitrogen and oxygen atoms in total. The van der Waals surface area contributed by atoms with Gasteiger partial charge < -0.3 is 10.6 Å². The molecular formula is C12H18N2OS. The van der Waals surface area contributed by atoms with Crippen molar-refractivity contribution < 1.29 is 4.79 Å². The van der Waals surface area contributed by atoms with E-state index in [1.807, 2.05) is 19.2 Å². The van der Waals surface area contributed by atoms with Crippen molar-refractivity contribution in [1.29, 1.82) is 0 Å². The molecule has 0 fully saturated rings. The van der Waals surface area contributed by atoms with Gasteiger partial charge in [0, 0.05) is 36.3 Å². The summed E-state index contributed by atoms with van der Waals surface area (Å²) in [7, 11) is 2.02. The van der Waals surface area contributed by atoms with Gasteiger partial charge in [0.15, 0.2) is 5.78 Å². The molecule has 0 aliphatic carbocycles. The van der Waals surface area contributed by atoms with E-state index in [4.69, 9.17) is 5.73 Å². The lowest BCUT2D eigenvalue weighted by atomic mass is 10.1. The number of hydrogen-bond donors (Lipinski definition) is 1. The van der Waals surface area contributed by atoms with Crippen LogP contribution < -0.4 is 10.6 Å². The number of benzene rings is 1. The number of rotatable bonds is 5. The second kappa shape index (κ2) is 5.80. The number of thioether (sulfide) groups is 1. The van der Waals surface area contributed by atoms with E-state index >= 15 is 0 Å². The van der Waals surface area contributed by atoms with Gasteiger partial charge in [-0.05, 0) is 31.4 Å². The number of hydrogen-bond acceptors (Lipinski definition) is 4. The minimum absolute atomic E-state index is 0.0117. The number of carbonyl (C=O) groups is 1. The molecule has 0 radical (unpaired) electrons. The molecule has 88 valence electrons. The molecule has 0 amide bonds. The van der Waals surface area contributed by atoms with Crippen LogP contribution >= 0.6 is 11.8 Å². The predicted molar refractivity (Wildman–Crippen MR) is 72.5 cm³/mol. The number of carbonyl (C=O) groups excluding carboxylic acids is 1. The molecule has 4 heteroatoms. The highest BCUT2D eigenvalue weighted by Gasteiger charge is 2.08. The first-order valence-electron chi connectivity index (χ1n) is 5.16. The average molecular weight is 238 g/mol. The van der Waals surface area contributed by atoms with E-state index in [-0.39, 0.29) is 5.78 Å². The summed E-state index contributed by atoms with van der Waals surface area (Å²) in [5, 5.41) is 0. The summed E-state index contributed by atoms with van der Waals surface area (Å²) in [6.45, 7) is 2.50. The summed E-state index contributed by atoms with van der Waals surface area (Å²) in [5.41, 5.74) is 7.94. The van der Waals surface area contributed by atoms with Gasteiger partial charge in [-0.1, -0.05) is 0 Å². The molecule has 0 unspecified atom stereocenters. The van der Waals surface area contributed by atoms with Crippen molar-refractivity contribution in [1.82, 2.24) is 0 Å². The summed E-state index contributed by atoms with van der Waals surface area (Å²) in [5.74, 6) is 1.08. The monoisotopic (exact) mass is 238 g/mol. The molecule has 0 saturated carbocycles. The number of nitrogen functional groups attached to an aromatic ring is 1. The third kappa shape index (κ3) is 3.17. The Kier molecular flexibility index (Phi) is 4.68. The zero-order valence-electron chi connectivity index (χ0n) is 9.99. The van der Waals surface area contributed by atoms with Crippen LogP contribution in [0.1, 0.15) is 17.3 Å². The van der Waals surface area contributed by atoms with E-state index in [1.165, 1.54) is 6.92 Å². The van der Waals surface area contributed by atoms with Crippen LogP contribution in [-0.2, 0) is 0 Å². The second-order valence-electron chi connectivity index (χ2n) is 3.74. The Labute approximate surface area is 101 Å². The van der Waals surface area contributed by atoms with E-state index in [1.54, 1.807) is 17.8 Å². The van der Waals surface area contributed by atoms with Crippen LogP contribution in [0.15, 0.2) is 18.2 Å². The van der Waals surface area contributed by atoms with E-state index < -0.39 is 0 Å². The van der Waals surface area contributed by atoms with Crippen LogP contribution in [0.3, 0.4) is 0 Å². The molecule has 0 aliphatic heterocycles. The number of nitrogens with two attached hydrogens (primary N) is 1. The van der Waals surface area contributed by atoms with Crippen molar-refractivity contribution in [3.8, 4) is 0 Å². The normalized spacial score (nSPS) is 10.2. The Hall–Kier alpha value is -1.16. The van der Waals surface area contributed by atoms with Crippen molar-refractivity contribution in [2.75, 3.05) is 36.2 Å². The van der Waals surface area contributed by atoms with Crippen LogP contribution in [0.2, 0.25) is 0 Å². The van der Waals surface area contributed by atoms with Crippen molar-refractivity contribution in [3.63, 3.8) is 0 Å². The summed E-state index contributed by atoms with van der Waals surface area (Å²) in [4.78, 5) is 13.5. The minimum atomic E-state index is 0.0117. The van der Waals surface area contributed by atoms with Gasteiger partial charge in [0.25, 0.3) is 0 Å². The van der Waals surface area contributed by atoms with E-state index in [0.29, 0.717) is 11.3 Å². The number of nitrogens with zero attached hydrogens (tertiary/aromatic N) is 1. The van der Waals surface area contributed by atoms with Gasteiger partial charge in [-0.25, -0.2) is 0 Å². The molecular weight excluding hydrogens is 220 g/mol. The SMILES string of the molecule is CSCCN(C)c1ccc(N)c(C(C)=O)c1. The fraction of sp³-hybridized carbons (Fsp3) is 0.417. The number of ketones is 1. The van der Waals surface area contributed by atoms with Gasteiger partial charge in [0.05, 0.1) is 0 Å². The third-order valence-corrected chi connectivity index (χ3v) is 3.08. The molecule has 0 saturated heterocycles. The van der Waals surface area contributed by atoms with Gasteiger partial charge in [-0.15, -0.1) is 0 Å². The molecule has 0 heterocycles. The molecule has 1 aromatic carbocycles. The topological polar surface area (TPSA) is 46.3 Å². The van der Waals surface area contributed by atoms with Gasteiger partial charge in [0.2, 0.25) is 0 Å². The molecule has 2 N–H and O–H groups in total. The highest BCUT2D eigenvalue weighted by molar-refractivity contribution is 7.98. The highest BCUT2D eigenvalue weighted by atomic mass is 32.2. The number of Topliss-reactive ketones (excluding diaryl/α,β-unsaturated/α-hetero) is 1. The molecule has 1 rings (SSSR count). The minimum Gasteiger partial charge on any atom is -0.398 e. The van der Waals surface area contributed by atoms with Crippen LogP contribution in [-0.4, -0.2) is 31.4 Å². The fourth-order valence-corrected chi connectivity index (χ4v) is 1.90. The fourth-order valence-electron chi connectivity index (χ4n) is 1.44. The van der Waals surface area contributed by atoms with Gasteiger partial charge >= 0.3 is 0 Å². The molecule has 0 spiro atoms. The molecule has 0 atom stereocenters. The molecule has 1 aromatic rings. The number of anilines is 2. The summed E-state index contributed by atoms with van der Waals surface area (Å²) >= 11 is 1.80. The van der Waals surface area contributed by atoms with Crippen LogP contribution in [0.25, 0.3) is 0 Å². The molecule has 0 aliphatic rings. The van der Waals surface area contributed by atoms with Crippen LogP contribution in [0, 0.1) is 0 Å². The Morgan fingerprint density at radius 1 is 1.50 bits per heavy atom. The average Bonchev–Trinajstić information content (AvgIpc) is 2.26. The predicted octanol–water partition coefficient (Wildman–Crippen LogP) is 2.27. The van der Waals surface area contributed by atoms with Crippen LogP contribution in [0.4, 0.5) is 11.4 Å². The van der Waals surface area contributed by atoms with E-state index in [2.05, 4.69) is 11.2 Å². The maximum atomic E-state index is 11.4. The second-order valence-corrected chi connectivity index (χ2v) is 4.73. The molecule has 16 heavy (non-hydrogen) atoms. The summed E-state index contributed by atoms with van der Waals surface area (Å²) < 4.78 is 0. The maximum Gasteiger partial charge on any atom is 0.161 e. The molecule has 0 bridgehead atoms. The quantitative estimate of drug-likeness (QED) is 0.631. The molecule has 0 aromatic heterocycles. The lowest BCUT2D eigenvalue weighted by molar-refractivity contribution is 0.101. The summed E-state index contributed by atoms with van der Waals surface area (Å²) in [6, 6.07) is 5.60. The highest BCUT2D eigenvalue weighted by Crippen LogP contribution is 2.21. The largest absolute Gasteiger partial charge is 0.398 e. The summed E-state index contributed by atoms with van der Waals surface area (Å²) in [6.07, 6.45) is 2.08. The maximum absolute atomic E-state index is 11.4. The van der Waals surface area contributed by atoms with E-state index in [0.717, 1.165) is 18.0 Å². The Bertz CT molecular complexity index is 379. The Morgan fingerprint density at radius 2 is 2.19 bits per heavy atom. The first-order chi connectivity index (χ1) is 7.56. The lowest BCUT2D eigenvalue weighted by Crippen LogP contribution is -2.20. The van der Waals surface area contributed by atoms with Gasteiger partial charge in [0.1, 0.15) is 0 Å². The lowest BCUT2D eigenvalue weighted by Gasteiger charge is -2.19. The first-order valence-corrected chi connectivity index (χ1v) is 6.56. The smallest absolute Gasteiger partial charge is 0.161 e. The van der Waals surface area contributed by atoms with Crippen molar-refractivity contribution >= 4 is 28.9 Å². The Balaban J connectivity index is 2.89. The van der Waals surface area contributed by atoms with Gasteiger partial charge in [-0.2, -0.15) is 11.8 Å². The zero-order chi connectivity index (χ0) is 12.1. The van der Waals surface area contributed by atoms with Gasteiger partial charge in [-0.3, -0.25) is 4.79 Å². The third-order valence-electron chi connectivity index (χ3n) is 2.49.